The van der Waals surface area contributed by atoms with Gasteiger partial charge in [0.1, 0.15) is 0 Å². The molecule has 0 heterocycles. The molecule has 2 nitrogen and oxygen atoms in total. The lowest BCUT2D eigenvalue weighted by atomic mass is 10.1. The maximum absolute atomic E-state index is 10.2. The molecule has 0 aromatic heterocycles. The smallest absolute Gasteiger partial charge is 0.233 e. The summed E-state index contributed by atoms with van der Waals surface area (Å²) >= 11 is 0. The van der Waals surface area contributed by atoms with Crippen molar-refractivity contribution in [1.82, 2.24) is 0 Å². The van der Waals surface area contributed by atoms with Crippen LogP contribution in [0.3, 0.4) is 0 Å². The summed E-state index contributed by atoms with van der Waals surface area (Å²) in [5.74, 6) is 0. The van der Waals surface area contributed by atoms with Gasteiger partial charge in [0.25, 0.3) is 0 Å². The van der Waals surface area contributed by atoms with Crippen molar-refractivity contribution in [2.24, 2.45) is 0 Å². The van der Waals surface area contributed by atoms with E-state index in [1.54, 1.807) is 31.4 Å². The minimum Gasteiger partial charge on any atom is -0.285 e. The van der Waals surface area contributed by atoms with Crippen molar-refractivity contribution in [3.05, 3.63) is 34.9 Å². The normalized spacial score (nSPS) is 8.73. The first-order valence-corrected chi connectivity index (χ1v) is 3.17. The summed E-state index contributed by atoms with van der Waals surface area (Å²) in [4.78, 5) is 10.2. The summed E-state index contributed by atoms with van der Waals surface area (Å²) in [7, 11) is 0. The molecule has 2 heteroatoms. The third kappa shape index (κ3) is 1.44. The minimum absolute atomic E-state index is 0.518. The maximum atomic E-state index is 10.2. The average molecular weight is 144 g/mol. The van der Waals surface area contributed by atoms with Crippen LogP contribution in [0.5, 0.6) is 0 Å². The third-order valence-electron chi connectivity index (χ3n) is 1.47. The van der Waals surface area contributed by atoms with Gasteiger partial charge in [0.2, 0.25) is 6.29 Å². The van der Waals surface area contributed by atoms with Gasteiger partial charge < -0.3 is 0 Å². The van der Waals surface area contributed by atoms with Crippen LogP contribution in [0.2, 0.25) is 0 Å². The molecule has 0 aliphatic rings. The first-order chi connectivity index (χ1) is 5.27. The van der Waals surface area contributed by atoms with Crippen molar-refractivity contribution in [2.75, 3.05) is 0 Å². The van der Waals surface area contributed by atoms with Crippen LogP contribution in [0.1, 0.15) is 16.7 Å². The van der Waals surface area contributed by atoms with Crippen molar-refractivity contribution < 1.29 is 4.79 Å². The summed E-state index contributed by atoms with van der Waals surface area (Å²) in [6.07, 6.45) is 1.79. The molecule has 1 rings (SSSR count). The van der Waals surface area contributed by atoms with Crippen LogP contribution in [0, 0.1) is 18.3 Å². The van der Waals surface area contributed by atoms with Crippen LogP contribution >= 0.6 is 0 Å². The summed E-state index contributed by atoms with van der Waals surface area (Å²) in [5, 5.41) is 8.48. The molecular formula is C9H6NO. The Bertz CT molecular complexity index is 323. The zero-order valence-corrected chi connectivity index (χ0v) is 6.09. The van der Waals surface area contributed by atoms with Crippen LogP contribution in [0.15, 0.2) is 18.2 Å². The molecule has 0 aliphatic heterocycles. The van der Waals surface area contributed by atoms with Gasteiger partial charge in [0.05, 0.1) is 11.6 Å². The van der Waals surface area contributed by atoms with Crippen molar-refractivity contribution in [3.8, 4) is 6.07 Å². The van der Waals surface area contributed by atoms with E-state index in [9.17, 15) is 4.79 Å². The standard InChI is InChI=1S/C9H6NO/c1-7-4-8(5-10)2-3-9(7)6-11/h2-4H,1H3. The fraction of sp³-hybridized carbons (Fsp3) is 0.111. The predicted molar refractivity (Wildman–Crippen MR) is 40.7 cm³/mol. The van der Waals surface area contributed by atoms with E-state index in [0.29, 0.717) is 11.1 Å². The highest BCUT2D eigenvalue weighted by atomic mass is 16.1. The molecule has 1 radical (unpaired) electrons. The number of benzene rings is 1. The molecule has 0 fully saturated rings. The first kappa shape index (κ1) is 7.49. The van der Waals surface area contributed by atoms with Crippen LogP contribution in [-0.2, 0) is 4.79 Å². The van der Waals surface area contributed by atoms with E-state index >= 15 is 0 Å². The van der Waals surface area contributed by atoms with Crippen molar-refractivity contribution in [1.29, 1.82) is 5.26 Å². The van der Waals surface area contributed by atoms with Gasteiger partial charge in [-0.3, -0.25) is 4.79 Å². The molecule has 1 aromatic rings. The minimum atomic E-state index is 0.518. The summed E-state index contributed by atoms with van der Waals surface area (Å²) in [5.41, 5.74) is 1.88. The molecule has 0 N–H and O–H groups in total. The zero-order chi connectivity index (χ0) is 8.27. The lowest BCUT2D eigenvalue weighted by molar-refractivity contribution is 0.562. The Balaban J connectivity index is 3.22. The Morgan fingerprint density at radius 1 is 1.45 bits per heavy atom. The van der Waals surface area contributed by atoms with Gasteiger partial charge in [-0.1, -0.05) is 0 Å². The van der Waals surface area contributed by atoms with Gasteiger partial charge in [0, 0.05) is 5.56 Å². The van der Waals surface area contributed by atoms with E-state index < -0.39 is 0 Å². The van der Waals surface area contributed by atoms with Crippen LogP contribution in [0.4, 0.5) is 0 Å². The summed E-state index contributed by atoms with van der Waals surface area (Å²) in [6, 6.07) is 6.86. The summed E-state index contributed by atoms with van der Waals surface area (Å²) in [6.45, 7) is 1.78. The average Bonchev–Trinajstić information content (AvgIpc) is 2.04. The van der Waals surface area contributed by atoms with E-state index in [4.69, 9.17) is 5.26 Å². The fourth-order valence-corrected chi connectivity index (χ4v) is 0.848. The third-order valence-corrected chi connectivity index (χ3v) is 1.47. The van der Waals surface area contributed by atoms with Crippen molar-refractivity contribution >= 4 is 6.29 Å². The lowest BCUT2D eigenvalue weighted by Gasteiger charge is -1.95. The number of carbonyl (C=O) groups excluding carboxylic acids is 1. The fourth-order valence-electron chi connectivity index (χ4n) is 0.848. The van der Waals surface area contributed by atoms with Gasteiger partial charge in [-0.15, -0.1) is 0 Å². The van der Waals surface area contributed by atoms with E-state index in [0.717, 1.165) is 5.56 Å². The molecule has 0 amide bonds. The molecule has 0 atom stereocenters. The second-order valence-electron chi connectivity index (χ2n) is 2.24. The van der Waals surface area contributed by atoms with Crippen molar-refractivity contribution in [2.45, 2.75) is 6.92 Å². The highest BCUT2D eigenvalue weighted by Gasteiger charge is 1.97. The van der Waals surface area contributed by atoms with Gasteiger partial charge in [-0.05, 0) is 30.7 Å². The van der Waals surface area contributed by atoms with E-state index in [-0.39, 0.29) is 0 Å². The van der Waals surface area contributed by atoms with Gasteiger partial charge in [0.15, 0.2) is 0 Å². The molecule has 0 spiro atoms. The molecule has 0 saturated heterocycles. The number of nitrogens with zero attached hydrogens (tertiary/aromatic N) is 1. The number of nitriles is 1. The molecule has 0 unspecified atom stereocenters. The molecule has 0 aliphatic carbocycles. The quantitative estimate of drug-likeness (QED) is 0.596. The predicted octanol–water partition coefficient (Wildman–Crippen LogP) is 1.32. The van der Waals surface area contributed by atoms with Gasteiger partial charge in [-0.2, -0.15) is 5.26 Å². The first-order valence-electron chi connectivity index (χ1n) is 3.17. The van der Waals surface area contributed by atoms with Crippen molar-refractivity contribution in [3.63, 3.8) is 0 Å². The molecular weight excluding hydrogens is 138 g/mol. The second-order valence-corrected chi connectivity index (χ2v) is 2.24. The van der Waals surface area contributed by atoms with E-state index in [1.807, 2.05) is 6.07 Å². The molecule has 0 bridgehead atoms. The summed E-state index contributed by atoms with van der Waals surface area (Å²) < 4.78 is 0. The molecule has 11 heavy (non-hydrogen) atoms. The van der Waals surface area contributed by atoms with E-state index in [1.165, 1.54) is 0 Å². The van der Waals surface area contributed by atoms with Gasteiger partial charge >= 0.3 is 0 Å². The number of aryl methyl sites for hydroxylation is 1. The number of hydrogen-bond acceptors (Lipinski definition) is 2. The Morgan fingerprint density at radius 2 is 2.18 bits per heavy atom. The second kappa shape index (κ2) is 2.98. The Morgan fingerprint density at radius 3 is 2.64 bits per heavy atom. The largest absolute Gasteiger partial charge is 0.285 e. The van der Waals surface area contributed by atoms with Crippen LogP contribution in [-0.4, -0.2) is 6.29 Å². The van der Waals surface area contributed by atoms with Crippen LogP contribution in [0.25, 0.3) is 0 Å². The lowest BCUT2D eigenvalue weighted by Crippen LogP contribution is -1.86. The van der Waals surface area contributed by atoms with Crippen LogP contribution < -0.4 is 0 Å². The Hall–Kier alpha value is -1.62. The molecule has 1 aromatic carbocycles. The Kier molecular flexibility index (Phi) is 2.03. The SMILES string of the molecule is Cc1cc(C#N)ccc1[C]=O. The zero-order valence-electron chi connectivity index (χ0n) is 6.09. The highest BCUT2D eigenvalue weighted by Crippen LogP contribution is 2.07. The highest BCUT2D eigenvalue weighted by molar-refractivity contribution is 5.77. The molecule has 0 saturated carbocycles. The maximum Gasteiger partial charge on any atom is 0.233 e. The molecule has 53 valence electrons. The topological polar surface area (TPSA) is 40.9 Å². The van der Waals surface area contributed by atoms with E-state index in [2.05, 4.69) is 0 Å². The number of hydrogen-bond donors (Lipinski definition) is 0. The monoisotopic (exact) mass is 144 g/mol. The number of rotatable bonds is 1. The Labute approximate surface area is 65.1 Å². The van der Waals surface area contributed by atoms with Gasteiger partial charge in [-0.25, -0.2) is 0 Å².